The van der Waals surface area contributed by atoms with Crippen molar-refractivity contribution in [3.05, 3.63) is 54.1 Å². The lowest BCUT2D eigenvalue weighted by Gasteiger charge is -2.11. The monoisotopic (exact) mass is 332 g/mol. The van der Waals surface area contributed by atoms with Crippen molar-refractivity contribution in [2.24, 2.45) is 0 Å². The summed E-state index contributed by atoms with van der Waals surface area (Å²) in [6.45, 7) is 3.90. The molecule has 124 valence electrons. The van der Waals surface area contributed by atoms with Crippen LogP contribution in [0.25, 0.3) is 28.0 Å². The van der Waals surface area contributed by atoms with Crippen LogP contribution in [0.2, 0.25) is 0 Å². The molecular weight excluding hydrogens is 316 g/mol. The van der Waals surface area contributed by atoms with Crippen molar-refractivity contribution in [1.82, 2.24) is 24.6 Å². The third-order valence-electron chi connectivity index (χ3n) is 4.21. The van der Waals surface area contributed by atoms with Crippen LogP contribution in [0.5, 0.6) is 5.75 Å². The number of aryl methyl sites for hydroxylation is 1. The predicted molar refractivity (Wildman–Crippen MR) is 95.0 cm³/mol. The van der Waals surface area contributed by atoms with Gasteiger partial charge in [0, 0.05) is 42.0 Å². The Labute approximate surface area is 143 Å². The summed E-state index contributed by atoms with van der Waals surface area (Å²) in [5.74, 6) is 0.489. The second kappa shape index (κ2) is 5.55. The number of hydrogen-bond acceptors (Lipinski definition) is 6. The topological polar surface area (TPSA) is 102 Å². The zero-order chi connectivity index (χ0) is 17.6. The summed E-state index contributed by atoms with van der Waals surface area (Å²) in [7, 11) is 0. The number of nitrogens with zero attached hydrogens (tertiary/aromatic N) is 5. The van der Waals surface area contributed by atoms with Gasteiger partial charge in [-0.15, -0.1) is 0 Å². The van der Waals surface area contributed by atoms with E-state index < -0.39 is 0 Å². The van der Waals surface area contributed by atoms with E-state index in [0.29, 0.717) is 11.3 Å². The predicted octanol–water partition coefficient (Wildman–Crippen LogP) is 2.76. The van der Waals surface area contributed by atoms with Crippen molar-refractivity contribution < 1.29 is 5.11 Å². The lowest BCUT2D eigenvalue weighted by Crippen LogP contribution is -1.95. The molecule has 0 aliphatic heterocycles. The van der Waals surface area contributed by atoms with Gasteiger partial charge in [0.15, 0.2) is 5.65 Å². The third-order valence-corrected chi connectivity index (χ3v) is 4.21. The molecule has 4 rings (SSSR count). The Morgan fingerprint density at radius 2 is 1.72 bits per heavy atom. The van der Waals surface area contributed by atoms with Crippen molar-refractivity contribution >= 4 is 11.6 Å². The number of aromatic hydroxyl groups is 1. The summed E-state index contributed by atoms with van der Waals surface area (Å²) in [6.07, 6.45) is 6.96. The average Bonchev–Trinajstić information content (AvgIpc) is 3.02. The normalized spacial score (nSPS) is 11.1. The Balaban J connectivity index is 1.84. The van der Waals surface area contributed by atoms with Crippen molar-refractivity contribution in [3.8, 4) is 28.1 Å². The SMILES string of the molecule is Cc1ccc(O)c(C)c1-c1cnc2cc(-c3cnc(N)nc3)nn2c1. The van der Waals surface area contributed by atoms with Crippen molar-refractivity contribution in [1.29, 1.82) is 0 Å². The number of nitrogen functional groups attached to an aromatic ring is 1. The highest BCUT2D eigenvalue weighted by Crippen LogP contribution is 2.32. The summed E-state index contributed by atoms with van der Waals surface area (Å²) >= 11 is 0. The minimum Gasteiger partial charge on any atom is -0.508 e. The number of benzene rings is 1. The minimum absolute atomic E-state index is 0.225. The van der Waals surface area contributed by atoms with Crippen LogP contribution in [0, 0.1) is 13.8 Å². The van der Waals surface area contributed by atoms with Crippen LogP contribution in [-0.2, 0) is 0 Å². The molecule has 25 heavy (non-hydrogen) atoms. The van der Waals surface area contributed by atoms with Crippen LogP contribution in [0.4, 0.5) is 5.95 Å². The maximum Gasteiger partial charge on any atom is 0.219 e. The van der Waals surface area contributed by atoms with Gasteiger partial charge in [-0.3, -0.25) is 0 Å². The van der Waals surface area contributed by atoms with Gasteiger partial charge in [0.1, 0.15) is 5.75 Å². The first-order chi connectivity index (χ1) is 12.0. The largest absolute Gasteiger partial charge is 0.508 e. The molecule has 0 amide bonds. The maximum absolute atomic E-state index is 10.0. The van der Waals surface area contributed by atoms with E-state index in [1.54, 1.807) is 29.2 Å². The fraction of sp³-hybridized carbons (Fsp3) is 0.111. The second-order valence-corrected chi connectivity index (χ2v) is 5.91. The number of nitrogens with two attached hydrogens (primary N) is 1. The summed E-state index contributed by atoms with van der Waals surface area (Å²) in [6, 6.07) is 5.45. The molecule has 0 spiro atoms. The number of aromatic nitrogens is 5. The molecule has 4 aromatic rings. The summed E-state index contributed by atoms with van der Waals surface area (Å²) in [5, 5.41) is 14.6. The van der Waals surface area contributed by atoms with Gasteiger partial charge in [0.25, 0.3) is 0 Å². The first kappa shape index (κ1) is 15.1. The van der Waals surface area contributed by atoms with E-state index in [2.05, 4.69) is 20.1 Å². The fourth-order valence-electron chi connectivity index (χ4n) is 2.90. The van der Waals surface area contributed by atoms with Crippen LogP contribution >= 0.6 is 0 Å². The van der Waals surface area contributed by atoms with Crippen LogP contribution < -0.4 is 5.73 Å². The highest BCUT2D eigenvalue weighted by molar-refractivity contribution is 5.73. The van der Waals surface area contributed by atoms with Gasteiger partial charge in [-0.05, 0) is 36.6 Å². The summed E-state index contributed by atoms with van der Waals surface area (Å²) in [5.41, 5.74) is 11.5. The first-order valence-electron chi connectivity index (χ1n) is 7.76. The smallest absolute Gasteiger partial charge is 0.219 e. The molecule has 0 aliphatic carbocycles. The minimum atomic E-state index is 0.225. The van der Waals surface area contributed by atoms with Gasteiger partial charge in [-0.25, -0.2) is 19.5 Å². The maximum atomic E-state index is 10.0. The van der Waals surface area contributed by atoms with Gasteiger partial charge < -0.3 is 10.8 Å². The molecule has 0 unspecified atom stereocenters. The van der Waals surface area contributed by atoms with E-state index in [1.807, 2.05) is 32.2 Å². The summed E-state index contributed by atoms with van der Waals surface area (Å²) < 4.78 is 1.71. The van der Waals surface area contributed by atoms with E-state index in [9.17, 15) is 5.11 Å². The molecule has 0 fully saturated rings. The molecule has 3 heterocycles. The van der Waals surface area contributed by atoms with E-state index in [4.69, 9.17) is 5.73 Å². The van der Waals surface area contributed by atoms with Crippen LogP contribution in [0.1, 0.15) is 11.1 Å². The highest BCUT2D eigenvalue weighted by atomic mass is 16.3. The third kappa shape index (κ3) is 2.55. The molecule has 0 saturated carbocycles. The molecule has 3 N–H and O–H groups in total. The highest BCUT2D eigenvalue weighted by Gasteiger charge is 2.12. The summed E-state index contributed by atoms with van der Waals surface area (Å²) in [4.78, 5) is 12.5. The number of rotatable bonds is 2. The number of phenolic OH excluding ortho intramolecular Hbond substituents is 1. The molecule has 7 nitrogen and oxygen atoms in total. The zero-order valence-electron chi connectivity index (χ0n) is 13.8. The van der Waals surface area contributed by atoms with E-state index in [-0.39, 0.29) is 11.7 Å². The van der Waals surface area contributed by atoms with E-state index >= 15 is 0 Å². The van der Waals surface area contributed by atoms with Gasteiger partial charge in [0.2, 0.25) is 5.95 Å². The zero-order valence-corrected chi connectivity index (χ0v) is 13.8. The Hall–Kier alpha value is -3.48. The van der Waals surface area contributed by atoms with Crippen LogP contribution in [0.15, 0.2) is 43.0 Å². The lowest BCUT2D eigenvalue weighted by atomic mass is 9.97. The van der Waals surface area contributed by atoms with Crippen LogP contribution in [0.3, 0.4) is 0 Å². The molecule has 0 atom stereocenters. The molecule has 0 bridgehead atoms. The van der Waals surface area contributed by atoms with Crippen molar-refractivity contribution in [2.75, 3.05) is 5.73 Å². The lowest BCUT2D eigenvalue weighted by molar-refractivity contribution is 0.471. The molecule has 0 radical (unpaired) electrons. The molecule has 0 aliphatic rings. The van der Waals surface area contributed by atoms with Crippen molar-refractivity contribution in [3.63, 3.8) is 0 Å². The molecule has 7 heteroatoms. The van der Waals surface area contributed by atoms with Gasteiger partial charge in [0.05, 0.1) is 5.69 Å². The van der Waals surface area contributed by atoms with E-state index in [1.165, 1.54) is 0 Å². The Kier molecular flexibility index (Phi) is 3.35. The fourth-order valence-corrected chi connectivity index (χ4v) is 2.90. The molecular formula is C18H16N6O. The van der Waals surface area contributed by atoms with Gasteiger partial charge in [-0.2, -0.15) is 5.10 Å². The standard InChI is InChI=1S/C18H16N6O/c1-10-3-4-15(25)11(2)17(10)13-8-20-16-5-14(23-24(16)9-13)12-6-21-18(19)22-7-12/h3-9,25H,1-2H3,(H2,19,21,22). The number of hydrogen-bond donors (Lipinski definition) is 2. The van der Waals surface area contributed by atoms with Gasteiger partial charge >= 0.3 is 0 Å². The Bertz CT molecular complexity index is 1080. The average molecular weight is 332 g/mol. The first-order valence-corrected chi connectivity index (χ1v) is 7.76. The molecule has 1 aromatic carbocycles. The molecule has 0 saturated heterocycles. The van der Waals surface area contributed by atoms with Crippen LogP contribution in [-0.4, -0.2) is 29.7 Å². The Morgan fingerprint density at radius 1 is 1.00 bits per heavy atom. The quantitative estimate of drug-likeness (QED) is 0.585. The number of fused-ring (bicyclic) bond motifs is 1. The number of phenols is 1. The number of anilines is 1. The van der Waals surface area contributed by atoms with Gasteiger partial charge in [-0.1, -0.05) is 6.07 Å². The second-order valence-electron chi connectivity index (χ2n) is 5.91. The van der Waals surface area contributed by atoms with Crippen molar-refractivity contribution in [2.45, 2.75) is 13.8 Å². The van der Waals surface area contributed by atoms with E-state index in [0.717, 1.165) is 27.8 Å². The molecule has 3 aromatic heterocycles. The Morgan fingerprint density at radius 3 is 2.48 bits per heavy atom.